The number of H-pyrrole nitrogens is 1. The van der Waals surface area contributed by atoms with Gasteiger partial charge in [0, 0.05) is 39.5 Å². The molecule has 0 fully saturated rings. The number of fused-ring (bicyclic) bond motifs is 1. The van der Waals surface area contributed by atoms with Gasteiger partial charge in [0.2, 0.25) is 0 Å². The number of methoxy groups -OCH3 is 1. The zero-order valence-electron chi connectivity index (χ0n) is 20.9. The third-order valence-corrected chi connectivity index (χ3v) is 7.22. The molecule has 1 atom stereocenters. The largest absolute Gasteiger partial charge is 0.494 e. The first-order valence-electron chi connectivity index (χ1n) is 12.0. The maximum absolute atomic E-state index is 15.7. The Hall–Kier alpha value is -4.04. The number of anilines is 2. The molecule has 188 valence electrons. The number of aromatic amines is 1. The first-order chi connectivity index (χ1) is 18.0. The number of pyridine rings is 1. The topological polar surface area (TPSA) is 88.8 Å². The molecule has 0 bridgehead atoms. The van der Waals surface area contributed by atoms with E-state index in [1.165, 1.54) is 7.11 Å². The lowest BCUT2D eigenvalue weighted by Crippen LogP contribution is -2.16. The van der Waals surface area contributed by atoms with Crippen molar-refractivity contribution in [3.63, 3.8) is 0 Å². The molecule has 0 amide bonds. The minimum absolute atomic E-state index is 0.206. The summed E-state index contributed by atoms with van der Waals surface area (Å²) in [5, 5.41) is 5.30. The van der Waals surface area contributed by atoms with Crippen molar-refractivity contribution in [1.29, 1.82) is 0 Å². The summed E-state index contributed by atoms with van der Waals surface area (Å²) in [7, 11) is 1.48. The minimum atomic E-state index is -0.604. The van der Waals surface area contributed by atoms with Gasteiger partial charge in [-0.25, -0.2) is 14.4 Å². The van der Waals surface area contributed by atoms with E-state index in [1.54, 1.807) is 24.0 Å². The summed E-state index contributed by atoms with van der Waals surface area (Å²) in [6.45, 7) is 2.03. The van der Waals surface area contributed by atoms with Gasteiger partial charge in [-0.15, -0.1) is 11.8 Å². The fourth-order valence-corrected chi connectivity index (χ4v) is 5.08. The molecular weight excluding hydrogens is 485 g/mol. The number of nitrogens with zero attached hydrogens (tertiary/aromatic N) is 2. The van der Waals surface area contributed by atoms with Gasteiger partial charge in [0.05, 0.1) is 12.8 Å². The normalized spacial score (nSPS) is 12.0. The van der Waals surface area contributed by atoms with Crippen LogP contribution in [0.2, 0.25) is 0 Å². The number of rotatable bonds is 8. The van der Waals surface area contributed by atoms with Gasteiger partial charge < -0.3 is 20.8 Å². The van der Waals surface area contributed by atoms with Crippen LogP contribution in [0, 0.1) is 5.82 Å². The van der Waals surface area contributed by atoms with Crippen molar-refractivity contribution in [2.24, 2.45) is 0 Å². The molecule has 2 heterocycles. The SMILES string of the molecule is CCc1cc(OC)c(F)c(C(Nc2ccc3c(N)nccc3c2)c2nc(-c3ccccc3SC)c[nH]2)c1. The van der Waals surface area contributed by atoms with Gasteiger partial charge >= 0.3 is 0 Å². The molecule has 0 aliphatic carbocycles. The molecule has 8 heteroatoms. The third kappa shape index (κ3) is 4.84. The van der Waals surface area contributed by atoms with E-state index in [4.69, 9.17) is 15.5 Å². The lowest BCUT2D eigenvalue weighted by molar-refractivity contribution is 0.383. The van der Waals surface area contributed by atoms with Gasteiger partial charge in [0.25, 0.3) is 0 Å². The Morgan fingerprint density at radius 3 is 2.76 bits per heavy atom. The van der Waals surface area contributed by atoms with Crippen LogP contribution in [0.5, 0.6) is 5.75 Å². The Morgan fingerprint density at radius 1 is 1.14 bits per heavy atom. The summed E-state index contributed by atoms with van der Waals surface area (Å²) < 4.78 is 21.1. The minimum Gasteiger partial charge on any atom is -0.494 e. The summed E-state index contributed by atoms with van der Waals surface area (Å²) in [6, 6.07) is 18.8. The van der Waals surface area contributed by atoms with Crippen LogP contribution >= 0.6 is 11.8 Å². The number of nitrogen functional groups attached to an aromatic ring is 1. The fraction of sp³-hybridized carbons (Fsp3) is 0.172. The van der Waals surface area contributed by atoms with Crippen LogP contribution in [0.25, 0.3) is 22.0 Å². The van der Waals surface area contributed by atoms with Crippen molar-refractivity contribution in [3.8, 4) is 17.0 Å². The number of aromatic nitrogens is 3. The van der Waals surface area contributed by atoms with E-state index in [0.717, 1.165) is 44.6 Å². The second-order valence-electron chi connectivity index (χ2n) is 8.64. The third-order valence-electron chi connectivity index (χ3n) is 6.43. The predicted molar refractivity (Wildman–Crippen MR) is 150 cm³/mol. The monoisotopic (exact) mass is 513 g/mol. The van der Waals surface area contributed by atoms with Crippen LogP contribution in [-0.2, 0) is 6.42 Å². The molecule has 0 spiro atoms. The van der Waals surface area contributed by atoms with Gasteiger partial charge in [0.1, 0.15) is 17.7 Å². The number of imidazole rings is 1. The highest BCUT2D eigenvalue weighted by molar-refractivity contribution is 7.98. The molecule has 4 N–H and O–H groups in total. The van der Waals surface area contributed by atoms with E-state index in [-0.39, 0.29) is 5.75 Å². The van der Waals surface area contributed by atoms with Crippen molar-refractivity contribution in [2.75, 3.05) is 24.4 Å². The molecule has 0 aliphatic heterocycles. The second-order valence-corrected chi connectivity index (χ2v) is 9.48. The number of aryl methyl sites for hydroxylation is 1. The smallest absolute Gasteiger partial charge is 0.170 e. The summed E-state index contributed by atoms with van der Waals surface area (Å²) in [5.74, 6) is 0.844. The molecule has 6 nitrogen and oxygen atoms in total. The fourth-order valence-electron chi connectivity index (χ4n) is 4.47. The van der Waals surface area contributed by atoms with Gasteiger partial charge in [-0.2, -0.15) is 0 Å². The Balaban J connectivity index is 1.63. The summed E-state index contributed by atoms with van der Waals surface area (Å²) >= 11 is 1.66. The number of hydrogen-bond donors (Lipinski definition) is 3. The van der Waals surface area contributed by atoms with Crippen molar-refractivity contribution in [1.82, 2.24) is 15.0 Å². The van der Waals surface area contributed by atoms with E-state index in [9.17, 15) is 0 Å². The van der Waals surface area contributed by atoms with Gasteiger partial charge in [-0.3, -0.25) is 0 Å². The highest BCUT2D eigenvalue weighted by atomic mass is 32.2. The number of nitrogens with one attached hydrogen (secondary N) is 2. The zero-order chi connectivity index (χ0) is 25.9. The first kappa shape index (κ1) is 24.6. The summed E-state index contributed by atoms with van der Waals surface area (Å²) in [5.41, 5.74) is 10.1. The van der Waals surface area contributed by atoms with Crippen molar-refractivity contribution in [3.05, 3.63) is 95.8 Å². The van der Waals surface area contributed by atoms with Crippen molar-refractivity contribution >= 4 is 34.0 Å². The standard InChI is InChI=1S/C29H28FN5OS/c1-4-17-13-22(26(30)24(14-17)36-2)27(34-19-9-10-20-18(15-19)11-12-32-28(20)31)29-33-16-23(35-29)21-7-5-6-8-25(21)37-3/h5-16,27,34H,4H2,1-3H3,(H2,31,32)(H,33,35). The van der Waals surface area contributed by atoms with E-state index >= 15 is 4.39 Å². The van der Waals surface area contributed by atoms with Crippen LogP contribution in [0.1, 0.15) is 29.9 Å². The quantitative estimate of drug-likeness (QED) is 0.197. The first-order valence-corrected chi connectivity index (χ1v) is 13.2. The van der Waals surface area contributed by atoms with Crippen LogP contribution in [0.4, 0.5) is 15.9 Å². The van der Waals surface area contributed by atoms with Gasteiger partial charge in [0.15, 0.2) is 11.6 Å². The predicted octanol–water partition coefficient (Wildman–Crippen LogP) is 6.84. The highest BCUT2D eigenvalue weighted by Crippen LogP contribution is 2.35. The van der Waals surface area contributed by atoms with Crippen LogP contribution in [0.15, 0.2) is 78.0 Å². The number of nitrogens with two attached hydrogens (primary N) is 1. The van der Waals surface area contributed by atoms with Crippen molar-refractivity contribution in [2.45, 2.75) is 24.3 Å². The van der Waals surface area contributed by atoms with Crippen LogP contribution in [0.3, 0.4) is 0 Å². The Labute approximate surface area is 219 Å². The molecule has 3 aromatic carbocycles. The number of halogens is 1. The van der Waals surface area contributed by atoms with E-state index in [1.807, 2.05) is 67.9 Å². The molecule has 5 rings (SSSR count). The van der Waals surface area contributed by atoms with Gasteiger partial charge in [-0.05, 0) is 60.0 Å². The Kier molecular flexibility index (Phi) is 7.01. The maximum atomic E-state index is 15.7. The van der Waals surface area contributed by atoms with E-state index < -0.39 is 11.9 Å². The Morgan fingerprint density at radius 2 is 1.97 bits per heavy atom. The molecule has 5 aromatic rings. The lowest BCUT2D eigenvalue weighted by Gasteiger charge is -2.21. The summed E-state index contributed by atoms with van der Waals surface area (Å²) in [4.78, 5) is 13.5. The molecule has 37 heavy (non-hydrogen) atoms. The van der Waals surface area contributed by atoms with Crippen molar-refractivity contribution < 1.29 is 9.13 Å². The average molecular weight is 514 g/mol. The maximum Gasteiger partial charge on any atom is 0.170 e. The Bertz CT molecular complexity index is 1570. The lowest BCUT2D eigenvalue weighted by atomic mass is 9.99. The number of thioether (sulfide) groups is 1. The highest BCUT2D eigenvalue weighted by Gasteiger charge is 2.25. The molecule has 0 radical (unpaired) electrons. The molecule has 2 aromatic heterocycles. The van der Waals surface area contributed by atoms with Crippen LogP contribution < -0.4 is 15.8 Å². The molecular formula is C29H28FN5OS. The zero-order valence-corrected chi connectivity index (χ0v) is 21.7. The second kappa shape index (κ2) is 10.5. The van der Waals surface area contributed by atoms with Crippen LogP contribution in [-0.4, -0.2) is 28.3 Å². The molecule has 0 saturated heterocycles. The molecule has 0 saturated carbocycles. The van der Waals surface area contributed by atoms with E-state index in [0.29, 0.717) is 17.2 Å². The number of ether oxygens (including phenoxy) is 1. The number of benzene rings is 3. The molecule has 1 unspecified atom stereocenters. The van der Waals surface area contributed by atoms with Gasteiger partial charge in [-0.1, -0.05) is 31.2 Å². The summed E-state index contributed by atoms with van der Waals surface area (Å²) in [6.07, 6.45) is 6.32. The number of hydrogen-bond acceptors (Lipinski definition) is 6. The molecule has 0 aliphatic rings. The van der Waals surface area contributed by atoms with E-state index in [2.05, 4.69) is 21.4 Å². The average Bonchev–Trinajstić information content (AvgIpc) is 3.42.